The Bertz CT molecular complexity index is 1190. The van der Waals surface area contributed by atoms with Crippen LogP contribution in [0.3, 0.4) is 0 Å². The van der Waals surface area contributed by atoms with Gasteiger partial charge in [0.15, 0.2) is 11.5 Å². The quantitative estimate of drug-likeness (QED) is 0.508. The average Bonchev–Trinajstić information content (AvgIpc) is 2.81. The summed E-state index contributed by atoms with van der Waals surface area (Å²) < 4.78 is 56.9. The molecule has 2 atom stereocenters. The molecule has 4 rings (SSSR count). The van der Waals surface area contributed by atoms with Crippen LogP contribution in [0.25, 0.3) is 10.9 Å². The van der Waals surface area contributed by atoms with Crippen LogP contribution in [0, 0.1) is 6.92 Å². The minimum atomic E-state index is -4.41. The number of hydrogen-bond donors (Lipinski definition) is 1. The Hall–Kier alpha value is -3.11. The lowest BCUT2D eigenvalue weighted by molar-refractivity contribution is -0.137. The minimum Gasteiger partial charge on any atom is -0.493 e. The minimum absolute atomic E-state index is 0.0676. The highest BCUT2D eigenvalue weighted by atomic mass is 19.4. The molecule has 1 aliphatic heterocycles. The van der Waals surface area contributed by atoms with Crippen molar-refractivity contribution in [2.24, 2.45) is 0 Å². The molecule has 188 valence electrons. The lowest BCUT2D eigenvalue weighted by atomic mass is 10.0. The number of fused-ring (bicyclic) bond motifs is 1. The maximum atomic E-state index is 13.2. The lowest BCUT2D eigenvalue weighted by Gasteiger charge is -2.30. The van der Waals surface area contributed by atoms with Crippen LogP contribution in [0.5, 0.6) is 11.5 Å². The van der Waals surface area contributed by atoms with E-state index in [9.17, 15) is 13.2 Å². The number of halogens is 3. The molecule has 0 aliphatic carbocycles. The van der Waals surface area contributed by atoms with Crippen molar-refractivity contribution in [1.29, 1.82) is 0 Å². The van der Waals surface area contributed by atoms with Crippen LogP contribution in [-0.4, -0.2) is 61.4 Å². The first-order valence-electron chi connectivity index (χ1n) is 11.4. The van der Waals surface area contributed by atoms with Gasteiger partial charge >= 0.3 is 6.18 Å². The summed E-state index contributed by atoms with van der Waals surface area (Å²) in [4.78, 5) is 11.2. The summed E-state index contributed by atoms with van der Waals surface area (Å²) in [6.45, 7) is 6.19. The third-order valence-corrected chi connectivity index (χ3v) is 5.93. The molecule has 1 saturated heterocycles. The molecule has 7 nitrogen and oxygen atoms in total. The van der Waals surface area contributed by atoms with Gasteiger partial charge in [-0.15, -0.1) is 0 Å². The Morgan fingerprint density at radius 1 is 1.20 bits per heavy atom. The zero-order valence-electron chi connectivity index (χ0n) is 20.1. The second-order valence-corrected chi connectivity index (χ2v) is 8.69. The van der Waals surface area contributed by atoms with E-state index < -0.39 is 17.8 Å². The number of alkyl halides is 3. The fourth-order valence-electron chi connectivity index (χ4n) is 4.06. The van der Waals surface area contributed by atoms with Crippen molar-refractivity contribution >= 4 is 16.7 Å². The van der Waals surface area contributed by atoms with Gasteiger partial charge in [0, 0.05) is 30.6 Å². The highest BCUT2D eigenvalue weighted by Crippen LogP contribution is 2.36. The van der Waals surface area contributed by atoms with Gasteiger partial charge in [-0.05, 0) is 44.7 Å². The number of hydrogen-bond acceptors (Lipinski definition) is 7. The number of methoxy groups -OCH3 is 1. The van der Waals surface area contributed by atoms with Gasteiger partial charge in [0.1, 0.15) is 24.4 Å². The van der Waals surface area contributed by atoms with Crippen LogP contribution in [0.1, 0.15) is 29.9 Å². The molecule has 2 aromatic carbocycles. The van der Waals surface area contributed by atoms with Gasteiger partial charge in [0.2, 0.25) is 0 Å². The first-order chi connectivity index (χ1) is 16.6. The molecule has 1 aromatic heterocycles. The average molecular weight is 491 g/mol. The number of anilines is 1. The Morgan fingerprint density at radius 3 is 2.71 bits per heavy atom. The number of nitrogens with zero attached hydrogens (tertiary/aromatic N) is 3. The molecule has 1 aliphatic rings. The van der Waals surface area contributed by atoms with Gasteiger partial charge in [-0.3, -0.25) is 0 Å². The van der Waals surface area contributed by atoms with Crippen molar-refractivity contribution in [2.75, 3.05) is 45.8 Å². The van der Waals surface area contributed by atoms with Gasteiger partial charge in [0.05, 0.1) is 24.8 Å². The molecular formula is C25H29F3N4O3. The van der Waals surface area contributed by atoms with Gasteiger partial charge < -0.3 is 24.4 Å². The summed E-state index contributed by atoms with van der Waals surface area (Å²) in [6, 6.07) is 8.39. The van der Waals surface area contributed by atoms with E-state index in [4.69, 9.17) is 14.2 Å². The normalized spacial score (nSPS) is 17.9. The topological polar surface area (TPSA) is 68.7 Å². The molecule has 0 saturated carbocycles. The van der Waals surface area contributed by atoms with Crippen molar-refractivity contribution in [2.45, 2.75) is 32.2 Å². The number of morpholine rings is 1. The van der Waals surface area contributed by atoms with Gasteiger partial charge in [0.25, 0.3) is 0 Å². The number of aromatic nitrogens is 2. The first-order valence-corrected chi connectivity index (χ1v) is 11.4. The maximum Gasteiger partial charge on any atom is 0.416 e. The molecule has 1 N–H and O–H groups in total. The van der Waals surface area contributed by atoms with Crippen molar-refractivity contribution in [1.82, 2.24) is 14.9 Å². The lowest BCUT2D eigenvalue weighted by Crippen LogP contribution is -2.42. The number of ether oxygens (including phenoxy) is 3. The number of benzene rings is 2. The number of likely N-dealkylation sites (N-methyl/N-ethyl adjacent to an activating group) is 1. The summed E-state index contributed by atoms with van der Waals surface area (Å²) in [5.74, 6) is 2.06. The first kappa shape index (κ1) is 25.0. The van der Waals surface area contributed by atoms with Crippen LogP contribution in [-0.2, 0) is 10.9 Å². The van der Waals surface area contributed by atoms with E-state index in [1.807, 2.05) is 7.05 Å². The molecule has 10 heteroatoms. The molecular weight excluding hydrogens is 461 g/mol. The fraction of sp³-hybridized carbons (Fsp3) is 0.440. The molecule has 0 spiro atoms. The Kier molecular flexibility index (Phi) is 7.32. The highest BCUT2D eigenvalue weighted by molar-refractivity contribution is 5.92. The van der Waals surface area contributed by atoms with Crippen molar-refractivity contribution in [3.63, 3.8) is 0 Å². The van der Waals surface area contributed by atoms with Gasteiger partial charge in [-0.1, -0.05) is 12.1 Å². The summed E-state index contributed by atoms with van der Waals surface area (Å²) in [6.07, 6.45) is -4.48. The van der Waals surface area contributed by atoms with Crippen molar-refractivity contribution < 1.29 is 27.4 Å². The predicted molar refractivity (Wildman–Crippen MR) is 127 cm³/mol. The highest BCUT2D eigenvalue weighted by Gasteiger charge is 2.30. The third-order valence-electron chi connectivity index (χ3n) is 5.93. The monoisotopic (exact) mass is 490 g/mol. The largest absolute Gasteiger partial charge is 0.493 e. The van der Waals surface area contributed by atoms with Gasteiger partial charge in [-0.2, -0.15) is 13.2 Å². The van der Waals surface area contributed by atoms with Crippen molar-refractivity contribution in [3.05, 3.63) is 53.3 Å². The second-order valence-electron chi connectivity index (χ2n) is 8.69. The zero-order valence-corrected chi connectivity index (χ0v) is 20.1. The summed E-state index contributed by atoms with van der Waals surface area (Å²) in [5.41, 5.74) is 0.435. The van der Waals surface area contributed by atoms with Gasteiger partial charge in [-0.25, -0.2) is 9.97 Å². The van der Waals surface area contributed by atoms with Crippen LogP contribution >= 0.6 is 0 Å². The van der Waals surface area contributed by atoms with E-state index in [0.29, 0.717) is 52.8 Å². The van der Waals surface area contributed by atoms with E-state index in [1.165, 1.54) is 6.07 Å². The second kappa shape index (κ2) is 10.2. The predicted octanol–water partition coefficient (Wildman–Crippen LogP) is 4.85. The van der Waals surface area contributed by atoms with Crippen LogP contribution in [0.2, 0.25) is 0 Å². The summed E-state index contributed by atoms with van der Waals surface area (Å²) in [7, 11) is 3.59. The van der Waals surface area contributed by atoms with E-state index in [-0.39, 0.29) is 6.10 Å². The van der Waals surface area contributed by atoms with Crippen LogP contribution < -0.4 is 14.8 Å². The Labute approximate surface area is 202 Å². The fourth-order valence-corrected chi connectivity index (χ4v) is 4.06. The van der Waals surface area contributed by atoms with E-state index in [2.05, 4.69) is 20.2 Å². The standard InChI is InChI=1S/C25H29F3N4O3/c1-15(17-6-5-7-18(10-17)25(26,27)28)29-24-20-11-23(35-14-19-13-32(3)8-9-34-19)22(33-4)12-21(20)30-16(2)31-24/h5-7,10-12,15,19H,8-9,13-14H2,1-4H3,(H,29,30,31)/t15-,19-/m1/s1. The maximum absolute atomic E-state index is 13.2. The number of nitrogens with one attached hydrogen (secondary N) is 1. The van der Waals surface area contributed by atoms with E-state index in [1.54, 1.807) is 39.2 Å². The molecule has 2 heterocycles. The Balaban J connectivity index is 1.63. The molecule has 0 amide bonds. The SMILES string of the molecule is COc1cc2nc(C)nc(N[C@H](C)c3cccc(C(F)(F)F)c3)c2cc1OC[C@H]1CN(C)CCO1. The third kappa shape index (κ3) is 5.94. The molecule has 35 heavy (non-hydrogen) atoms. The molecule has 3 aromatic rings. The number of aryl methyl sites for hydroxylation is 1. The molecule has 1 fully saturated rings. The number of rotatable bonds is 7. The molecule has 0 radical (unpaired) electrons. The summed E-state index contributed by atoms with van der Waals surface area (Å²) in [5, 5.41) is 3.92. The Morgan fingerprint density at radius 2 is 2.00 bits per heavy atom. The molecule has 0 bridgehead atoms. The van der Waals surface area contributed by atoms with Crippen LogP contribution in [0.15, 0.2) is 36.4 Å². The zero-order chi connectivity index (χ0) is 25.2. The molecule has 0 unspecified atom stereocenters. The van der Waals surface area contributed by atoms with E-state index in [0.717, 1.165) is 25.2 Å². The van der Waals surface area contributed by atoms with Crippen LogP contribution in [0.4, 0.5) is 19.0 Å². The van der Waals surface area contributed by atoms with Crippen molar-refractivity contribution in [3.8, 4) is 11.5 Å². The summed E-state index contributed by atoms with van der Waals surface area (Å²) >= 11 is 0. The smallest absolute Gasteiger partial charge is 0.416 e. The van der Waals surface area contributed by atoms with E-state index >= 15 is 0 Å².